The summed E-state index contributed by atoms with van der Waals surface area (Å²) in [5.74, 6) is -0.0426. The van der Waals surface area contributed by atoms with Crippen LogP contribution in [-0.4, -0.2) is 5.91 Å². The predicted molar refractivity (Wildman–Crippen MR) is 83.0 cm³/mol. The predicted octanol–water partition coefficient (Wildman–Crippen LogP) is 4.61. The van der Waals surface area contributed by atoms with Crippen molar-refractivity contribution in [3.05, 3.63) is 70.7 Å². The molecule has 0 fully saturated rings. The lowest BCUT2D eigenvalue weighted by Gasteiger charge is -2.18. The van der Waals surface area contributed by atoms with E-state index in [1.807, 2.05) is 54.6 Å². The minimum absolute atomic E-state index is 0.0185. The molecule has 2 nitrogen and oxygen atoms in total. The van der Waals surface area contributed by atoms with E-state index in [0.29, 0.717) is 10.6 Å². The van der Waals surface area contributed by atoms with Crippen molar-refractivity contribution in [2.75, 3.05) is 0 Å². The topological polar surface area (TPSA) is 29.1 Å². The van der Waals surface area contributed by atoms with Gasteiger partial charge in [-0.05, 0) is 36.2 Å². The number of nitrogens with one attached hydrogen (secondary N) is 1. The highest BCUT2D eigenvalue weighted by Crippen LogP contribution is 2.21. The molecule has 0 spiro atoms. The Balaban J connectivity index is 2.13. The second-order valence-corrected chi connectivity index (χ2v) is 5.17. The summed E-state index contributed by atoms with van der Waals surface area (Å²) in [6.45, 7) is 2.11. The fourth-order valence-corrected chi connectivity index (χ4v) is 2.26. The van der Waals surface area contributed by atoms with E-state index in [2.05, 4.69) is 12.2 Å². The number of rotatable bonds is 5. The maximum Gasteiger partial charge on any atom is 0.251 e. The molecule has 1 unspecified atom stereocenters. The van der Waals surface area contributed by atoms with Crippen molar-refractivity contribution in [1.82, 2.24) is 5.32 Å². The van der Waals surface area contributed by atoms with Crippen LogP contribution >= 0.6 is 11.6 Å². The van der Waals surface area contributed by atoms with Crippen LogP contribution in [0.25, 0.3) is 0 Å². The number of hydrogen-bond acceptors (Lipinski definition) is 1. The summed E-state index contributed by atoms with van der Waals surface area (Å²) in [5.41, 5.74) is 1.77. The molecule has 0 radical (unpaired) electrons. The molecule has 2 aromatic carbocycles. The van der Waals surface area contributed by atoms with Crippen LogP contribution in [0, 0.1) is 0 Å². The van der Waals surface area contributed by atoms with Crippen LogP contribution in [0.4, 0.5) is 0 Å². The number of benzene rings is 2. The Hall–Kier alpha value is -1.80. The first kappa shape index (κ1) is 14.6. The van der Waals surface area contributed by atoms with Crippen molar-refractivity contribution < 1.29 is 4.79 Å². The monoisotopic (exact) mass is 287 g/mol. The van der Waals surface area contributed by atoms with Crippen molar-refractivity contribution in [2.24, 2.45) is 0 Å². The molecule has 0 aliphatic rings. The third-order valence-corrected chi connectivity index (χ3v) is 3.44. The first-order valence-corrected chi connectivity index (χ1v) is 7.20. The fraction of sp³-hybridized carbons (Fsp3) is 0.235. The van der Waals surface area contributed by atoms with Crippen LogP contribution in [0.3, 0.4) is 0 Å². The van der Waals surface area contributed by atoms with Gasteiger partial charge in [0.25, 0.3) is 5.91 Å². The maximum atomic E-state index is 12.2. The third kappa shape index (κ3) is 3.84. The number of carbonyl (C=O) groups is 1. The molecule has 0 aliphatic carbocycles. The van der Waals surface area contributed by atoms with Crippen LogP contribution in [0.15, 0.2) is 54.6 Å². The SMILES string of the molecule is CCCC(NC(=O)c1ccccc1)c1ccc(Cl)cc1. The zero-order valence-electron chi connectivity index (χ0n) is 11.5. The summed E-state index contributed by atoms with van der Waals surface area (Å²) < 4.78 is 0. The van der Waals surface area contributed by atoms with Gasteiger partial charge in [0.2, 0.25) is 0 Å². The average Bonchev–Trinajstić information content (AvgIpc) is 2.48. The Bertz CT molecular complexity index is 551. The van der Waals surface area contributed by atoms with Gasteiger partial charge in [-0.1, -0.05) is 55.3 Å². The lowest BCUT2D eigenvalue weighted by molar-refractivity contribution is 0.0934. The maximum absolute atomic E-state index is 12.2. The Labute approximate surface area is 124 Å². The van der Waals surface area contributed by atoms with E-state index in [-0.39, 0.29) is 11.9 Å². The molecule has 104 valence electrons. The van der Waals surface area contributed by atoms with Crippen molar-refractivity contribution in [2.45, 2.75) is 25.8 Å². The normalized spacial score (nSPS) is 11.9. The van der Waals surface area contributed by atoms with Gasteiger partial charge in [0.15, 0.2) is 0 Å². The van der Waals surface area contributed by atoms with Gasteiger partial charge in [0.1, 0.15) is 0 Å². The lowest BCUT2D eigenvalue weighted by Crippen LogP contribution is -2.28. The summed E-state index contributed by atoms with van der Waals surface area (Å²) in [7, 11) is 0. The summed E-state index contributed by atoms with van der Waals surface area (Å²) in [5, 5.41) is 3.79. The Morgan fingerprint density at radius 2 is 1.75 bits per heavy atom. The molecule has 0 aromatic heterocycles. The van der Waals surface area contributed by atoms with E-state index in [0.717, 1.165) is 18.4 Å². The first-order chi connectivity index (χ1) is 9.70. The van der Waals surface area contributed by atoms with Crippen LogP contribution in [0.1, 0.15) is 41.7 Å². The van der Waals surface area contributed by atoms with E-state index < -0.39 is 0 Å². The minimum atomic E-state index is -0.0426. The first-order valence-electron chi connectivity index (χ1n) is 6.82. The minimum Gasteiger partial charge on any atom is -0.345 e. The molecule has 20 heavy (non-hydrogen) atoms. The van der Waals surface area contributed by atoms with Gasteiger partial charge in [-0.25, -0.2) is 0 Å². The van der Waals surface area contributed by atoms with Crippen molar-refractivity contribution >= 4 is 17.5 Å². The smallest absolute Gasteiger partial charge is 0.251 e. The van der Waals surface area contributed by atoms with E-state index in [1.54, 1.807) is 0 Å². The van der Waals surface area contributed by atoms with Gasteiger partial charge in [0.05, 0.1) is 6.04 Å². The van der Waals surface area contributed by atoms with Gasteiger partial charge in [-0.3, -0.25) is 4.79 Å². The highest BCUT2D eigenvalue weighted by atomic mass is 35.5. The van der Waals surface area contributed by atoms with Gasteiger partial charge in [-0.2, -0.15) is 0 Å². The van der Waals surface area contributed by atoms with E-state index >= 15 is 0 Å². The van der Waals surface area contributed by atoms with Crippen molar-refractivity contribution in [3.8, 4) is 0 Å². The second-order valence-electron chi connectivity index (χ2n) is 4.73. The molecule has 1 N–H and O–H groups in total. The summed E-state index contributed by atoms with van der Waals surface area (Å²) in [6, 6.07) is 16.9. The quantitative estimate of drug-likeness (QED) is 0.855. The zero-order chi connectivity index (χ0) is 14.4. The molecule has 0 heterocycles. The van der Waals surface area contributed by atoms with Crippen LogP contribution < -0.4 is 5.32 Å². The number of carbonyl (C=O) groups excluding carboxylic acids is 1. The number of halogens is 1. The Morgan fingerprint density at radius 3 is 2.35 bits per heavy atom. The standard InChI is InChI=1S/C17H18ClNO/c1-2-6-16(13-9-11-15(18)12-10-13)19-17(20)14-7-4-3-5-8-14/h3-5,7-12,16H,2,6H2,1H3,(H,19,20). The average molecular weight is 288 g/mol. The fourth-order valence-electron chi connectivity index (χ4n) is 2.14. The molecule has 1 atom stereocenters. The third-order valence-electron chi connectivity index (χ3n) is 3.19. The number of amides is 1. The molecular weight excluding hydrogens is 270 g/mol. The molecule has 3 heteroatoms. The largest absolute Gasteiger partial charge is 0.345 e. The molecule has 0 saturated carbocycles. The Morgan fingerprint density at radius 1 is 1.10 bits per heavy atom. The Kier molecular flexibility index (Phi) is 5.19. The van der Waals surface area contributed by atoms with Crippen molar-refractivity contribution in [3.63, 3.8) is 0 Å². The molecule has 2 rings (SSSR count). The molecule has 2 aromatic rings. The van der Waals surface area contributed by atoms with Gasteiger partial charge < -0.3 is 5.32 Å². The van der Waals surface area contributed by atoms with Crippen molar-refractivity contribution in [1.29, 1.82) is 0 Å². The van der Waals surface area contributed by atoms with Crippen LogP contribution in [0.2, 0.25) is 5.02 Å². The van der Waals surface area contributed by atoms with Gasteiger partial charge >= 0.3 is 0 Å². The molecule has 0 saturated heterocycles. The van der Waals surface area contributed by atoms with E-state index in [1.165, 1.54) is 0 Å². The molecule has 0 bridgehead atoms. The summed E-state index contributed by atoms with van der Waals surface area (Å²) in [6.07, 6.45) is 1.91. The van der Waals surface area contributed by atoms with Gasteiger partial charge in [0, 0.05) is 10.6 Å². The summed E-state index contributed by atoms with van der Waals surface area (Å²) in [4.78, 5) is 12.2. The summed E-state index contributed by atoms with van der Waals surface area (Å²) >= 11 is 5.91. The van der Waals surface area contributed by atoms with Crippen LogP contribution in [0.5, 0.6) is 0 Å². The highest BCUT2D eigenvalue weighted by molar-refractivity contribution is 6.30. The van der Waals surface area contributed by atoms with E-state index in [4.69, 9.17) is 11.6 Å². The van der Waals surface area contributed by atoms with E-state index in [9.17, 15) is 4.79 Å². The highest BCUT2D eigenvalue weighted by Gasteiger charge is 2.14. The molecule has 0 aliphatic heterocycles. The van der Waals surface area contributed by atoms with Crippen LogP contribution in [-0.2, 0) is 0 Å². The zero-order valence-corrected chi connectivity index (χ0v) is 12.2. The van der Waals surface area contributed by atoms with Gasteiger partial charge in [-0.15, -0.1) is 0 Å². The second kappa shape index (κ2) is 7.11. The molecular formula is C17H18ClNO. The number of hydrogen-bond donors (Lipinski definition) is 1. The molecule has 1 amide bonds. The lowest BCUT2D eigenvalue weighted by atomic mass is 10.0.